The lowest BCUT2D eigenvalue weighted by atomic mass is 9.87. The van der Waals surface area contributed by atoms with Crippen LogP contribution in [-0.4, -0.2) is 23.2 Å². The molecule has 0 spiro atoms. The van der Waals surface area contributed by atoms with Crippen molar-refractivity contribution in [2.45, 2.75) is 20.3 Å². The van der Waals surface area contributed by atoms with Crippen LogP contribution in [0.1, 0.15) is 19.4 Å². The number of hydrazone groups is 1. The molecule has 0 radical (unpaired) electrons. The maximum absolute atomic E-state index is 11.1. The number of nitro groups is 2. The van der Waals surface area contributed by atoms with E-state index in [1.165, 1.54) is 12.1 Å². The fraction of sp³-hybridized carbons (Fsp3) is 0.278. The molecule has 2 aromatic rings. The van der Waals surface area contributed by atoms with E-state index >= 15 is 0 Å². The van der Waals surface area contributed by atoms with Crippen molar-refractivity contribution in [2.75, 3.05) is 12.5 Å². The van der Waals surface area contributed by atoms with Crippen LogP contribution in [0.15, 0.2) is 47.6 Å². The molecule has 0 aliphatic heterocycles. The van der Waals surface area contributed by atoms with Crippen LogP contribution < -0.4 is 10.2 Å². The van der Waals surface area contributed by atoms with Crippen LogP contribution >= 0.6 is 0 Å². The van der Waals surface area contributed by atoms with Gasteiger partial charge in [0, 0.05) is 17.7 Å². The van der Waals surface area contributed by atoms with Crippen LogP contribution in [0.2, 0.25) is 0 Å². The Morgan fingerprint density at radius 1 is 1.11 bits per heavy atom. The standard InChI is InChI=1S/C18H20N4O5/c1-18(2,11-13-4-7-15(27-3)8-5-13)12-19-20-16-9-6-14(21(23)24)10-17(16)22(25)26/h4-10,12,20H,11H2,1-3H3. The number of ether oxygens (including phenoxy) is 1. The Hall–Kier alpha value is -3.49. The third kappa shape index (κ3) is 5.50. The van der Waals surface area contributed by atoms with Crippen molar-refractivity contribution in [1.82, 2.24) is 0 Å². The SMILES string of the molecule is COc1ccc(CC(C)(C)C=NNc2ccc([N+](=O)[O-])cc2[N+](=O)[O-])cc1. The zero-order valence-electron chi connectivity index (χ0n) is 15.2. The van der Waals surface area contributed by atoms with Gasteiger partial charge in [0.1, 0.15) is 11.4 Å². The molecular weight excluding hydrogens is 352 g/mol. The van der Waals surface area contributed by atoms with Gasteiger partial charge in [-0.15, -0.1) is 0 Å². The van der Waals surface area contributed by atoms with E-state index in [9.17, 15) is 20.2 Å². The molecule has 9 nitrogen and oxygen atoms in total. The van der Waals surface area contributed by atoms with Crippen LogP contribution in [-0.2, 0) is 6.42 Å². The van der Waals surface area contributed by atoms with Gasteiger partial charge in [0.2, 0.25) is 0 Å². The Labute approximate surface area is 156 Å². The van der Waals surface area contributed by atoms with Gasteiger partial charge in [0.05, 0.1) is 23.0 Å². The van der Waals surface area contributed by atoms with E-state index in [0.717, 1.165) is 17.4 Å². The molecule has 9 heteroatoms. The second kappa shape index (κ2) is 8.26. The van der Waals surface area contributed by atoms with E-state index in [4.69, 9.17) is 4.74 Å². The third-order valence-corrected chi connectivity index (χ3v) is 3.81. The molecule has 0 bridgehead atoms. The molecule has 0 aliphatic carbocycles. The van der Waals surface area contributed by atoms with Crippen LogP contribution in [0.3, 0.4) is 0 Å². The molecule has 27 heavy (non-hydrogen) atoms. The van der Waals surface area contributed by atoms with Gasteiger partial charge in [-0.2, -0.15) is 5.10 Å². The van der Waals surface area contributed by atoms with Crippen molar-refractivity contribution in [3.63, 3.8) is 0 Å². The summed E-state index contributed by atoms with van der Waals surface area (Å²) in [6.07, 6.45) is 2.35. The first-order chi connectivity index (χ1) is 12.7. The molecule has 0 unspecified atom stereocenters. The molecule has 2 aromatic carbocycles. The van der Waals surface area contributed by atoms with Gasteiger partial charge in [-0.1, -0.05) is 26.0 Å². The lowest BCUT2D eigenvalue weighted by molar-refractivity contribution is -0.393. The number of benzene rings is 2. The molecule has 2 rings (SSSR count). The highest BCUT2D eigenvalue weighted by Crippen LogP contribution is 2.29. The molecule has 0 heterocycles. The van der Waals surface area contributed by atoms with Crippen molar-refractivity contribution in [3.05, 3.63) is 68.3 Å². The van der Waals surface area contributed by atoms with Gasteiger partial charge in [-0.05, 0) is 30.2 Å². The molecule has 0 aromatic heterocycles. The van der Waals surface area contributed by atoms with Crippen LogP contribution in [0.5, 0.6) is 5.75 Å². The molecular formula is C18H20N4O5. The van der Waals surface area contributed by atoms with Gasteiger partial charge in [-0.25, -0.2) is 0 Å². The Bertz CT molecular complexity index is 863. The van der Waals surface area contributed by atoms with Crippen LogP contribution in [0.4, 0.5) is 17.1 Å². The molecule has 0 aliphatic rings. The van der Waals surface area contributed by atoms with E-state index in [1.54, 1.807) is 13.3 Å². The summed E-state index contributed by atoms with van der Waals surface area (Å²) in [5.41, 5.74) is 2.70. The first-order valence-electron chi connectivity index (χ1n) is 8.08. The summed E-state index contributed by atoms with van der Waals surface area (Å²) >= 11 is 0. The Morgan fingerprint density at radius 3 is 2.33 bits per heavy atom. The fourth-order valence-electron chi connectivity index (χ4n) is 2.47. The van der Waals surface area contributed by atoms with Gasteiger partial charge in [0.25, 0.3) is 5.69 Å². The Kier molecular flexibility index (Phi) is 6.07. The van der Waals surface area contributed by atoms with Crippen molar-refractivity contribution in [2.24, 2.45) is 10.5 Å². The summed E-state index contributed by atoms with van der Waals surface area (Å²) in [6, 6.07) is 11.0. The Balaban J connectivity index is 2.10. The second-order valence-corrected chi connectivity index (χ2v) is 6.60. The second-order valence-electron chi connectivity index (χ2n) is 6.60. The van der Waals surface area contributed by atoms with Gasteiger partial charge in [-0.3, -0.25) is 25.7 Å². The van der Waals surface area contributed by atoms with Crippen LogP contribution in [0.25, 0.3) is 0 Å². The summed E-state index contributed by atoms with van der Waals surface area (Å²) < 4.78 is 5.13. The molecule has 0 atom stereocenters. The number of nitro benzene ring substituents is 2. The highest BCUT2D eigenvalue weighted by molar-refractivity contribution is 5.70. The maximum atomic E-state index is 11.1. The van der Waals surface area contributed by atoms with Gasteiger partial charge in [0.15, 0.2) is 0 Å². The number of nitrogens with one attached hydrogen (secondary N) is 1. The zero-order valence-corrected chi connectivity index (χ0v) is 15.2. The van der Waals surface area contributed by atoms with Crippen molar-refractivity contribution in [3.8, 4) is 5.75 Å². The molecule has 0 fully saturated rings. The van der Waals surface area contributed by atoms with E-state index in [2.05, 4.69) is 10.5 Å². The highest BCUT2D eigenvalue weighted by atomic mass is 16.6. The molecule has 0 saturated carbocycles. The fourth-order valence-corrected chi connectivity index (χ4v) is 2.47. The molecule has 0 saturated heterocycles. The average molecular weight is 372 g/mol. The summed E-state index contributed by atoms with van der Waals surface area (Å²) in [5.74, 6) is 0.775. The smallest absolute Gasteiger partial charge is 0.301 e. The summed E-state index contributed by atoms with van der Waals surface area (Å²) in [4.78, 5) is 20.5. The minimum Gasteiger partial charge on any atom is -0.497 e. The largest absolute Gasteiger partial charge is 0.497 e. The number of anilines is 1. The first kappa shape index (κ1) is 19.8. The van der Waals surface area contributed by atoms with Gasteiger partial charge >= 0.3 is 5.69 Å². The minimum atomic E-state index is -0.687. The summed E-state index contributed by atoms with van der Waals surface area (Å²) in [7, 11) is 1.61. The van der Waals surface area contributed by atoms with E-state index < -0.39 is 15.5 Å². The predicted octanol–water partition coefficient (Wildman–Crippen LogP) is 4.18. The van der Waals surface area contributed by atoms with Crippen LogP contribution in [0, 0.1) is 25.6 Å². The van der Waals surface area contributed by atoms with E-state index in [0.29, 0.717) is 6.42 Å². The maximum Gasteiger partial charge on any atom is 0.301 e. The number of rotatable bonds is 8. The van der Waals surface area contributed by atoms with E-state index in [1.807, 2.05) is 38.1 Å². The summed E-state index contributed by atoms with van der Waals surface area (Å²) in [6.45, 7) is 3.96. The molecule has 142 valence electrons. The molecule has 1 N–H and O–H groups in total. The highest BCUT2D eigenvalue weighted by Gasteiger charge is 2.20. The lowest BCUT2D eigenvalue weighted by Crippen LogP contribution is -2.17. The monoisotopic (exact) mass is 372 g/mol. The number of non-ortho nitro benzene ring substituents is 1. The third-order valence-electron chi connectivity index (χ3n) is 3.81. The average Bonchev–Trinajstić information content (AvgIpc) is 2.61. The zero-order chi connectivity index (χ0) is 20.0. The predicted molar refractivity (Wildman–Crippen MR) is 102 cm³/mol. The quantitative estimate of drug-likeness (QED) is 0.422. The summed E-state index contributed by atoms with van der Waals surface area (Å²) in [5, 5.41) is 26.0. The van der Waals surface area contributed by atoms with E-state index in [-0.39, 0.29) is 16.8 Å². The Morgan fingerprint density at radius 2 is 1.78 bits per heavy atom. The lowest BCUT2D eigenvalue weighted by Gasteiger charge is -2.19. The first-order valence-corrected chi connectivity index (χ1v) is 8.08. The van der Waals surface area contributed by atoms with Crippen molar-refractivity contribution in [1.29, 1.82) is 0 Å². The van der Waals surface area contributed by atoms with Crippen molar-refractivity contribution >= 4 is 23.3 Å². The van der Waals surface area contributed by atoms with Crippen molar-refractivity contribution < 1.29 is 14.6 Å². The molecule has 0 amide bonds. The normalized spacial score (nSPS) is 11.4. The van der Waals surface area contributed by atoms with Gasteiger partial charge < -0.3 is 4.74 Å². The number of hydrogen-bond donors (Lipinski definition) is 1. The number of nitrogens with zero attached hydrogens (tertiary/aromatic N) is 3. The number of hydrogen-bond acceptors (Lipinski definition) is 7. The minimum absolute atomic E-state index is 0.0853. The number of methoxy groups -OCH3 is 1. The topological polar surface area (TPSA) is 120 Å².